The fourth-order valence-electron chi connectivity index (χ4n) is 9.72. The van der Waals surface area contributed by atoms with Crippen LogP contribution in [0.1, 0.15) is 17.9 Å². The van der Waals surface area contributed by atoms with Crippen molar-refractivity contribution in [2.75, 3.05) is 4.90 Å². The number of rotatable bonds is 7. The Morgan fingerprint density at radius 1 is 0.403 bits per heavy atom. The Labute approximate surface area is 360 Å². The first-order valence-electron chi connectivity index (χ1n) is 21.5. The van der Waals surface area contributed by atoms with Crippen LogP contribution in [0, 0.1) is 0 Å². The predicted molar refractivity (Wildman–Crippen MR) is 262 cm³/mol. The van der Waals surface area contributed by atoms with Crippen LogP contribution in [0.5, 0.6) is 0 Å². The lowest BCUT2D eigenvalue weighted by Gasteiger charge is -2.31. The van der Waals surface area contributed by atoms with Crippen LogP contribution < -0.4 is 4.90 Å². The molecule has 0 N–H and O–H groups in total. The van der Waals surface area contributed by atoms with Crippen LogP contribution in [0.25, 0.3) is 87.6 Å². The minimum Gasteiger partial charge on any atom is -0.456 e. The molecular formula is C60H41NO. The predicted octanol–water partition coefficient (Wildman–Crippen LogP) is 16.8. The van der Waals surface area contributed by atoms with Crippen molar-refractivity contribution in [2.45, 2.75) is 12.3 Å². The fourth-order valence-corrected chi connectivity index (χ4v) is 9.72. The average molecular weight is 792 g/mol. The van der Waals surface area contributed by atoms with Crippen molar-refractivity contribution in [3.05, 3.63) is 242 Å². The van der Waals surface area contributed by atoms with E-state index < -0.39 is 0 Å². The van der Waals surface area contributed by atoms with Gasteiger partial charge in [0, 0.05) is 33.6 Å². The number of furan rings is 1. The molecule has 1 atom stereocenters. The van der Waals surface area contributed by atoms with Gasteiger partial charge in [0.15, 0.2) is 0 Å². The van der Waals surface area contributed by atoms with Gasteiger partial charge in [0.05, 0.1) is 5.69 Å². The van der Waals surface area contributed by atoms with Crippen molar-refractivity contribution in [1.29, 1.82) is 0 Å². The maximum atomic E-state index is 6.45. The topological polar surface area (TPSA) is 16.4 Å². The lowest BCUT2D eigenvalue weighted by Crippen LogP contribution is -2.18. The van der Waals surface area contributed by atoms with Crippen LogP contribution in [-0.4, -0.2) is 0 Å². The molecule has 0 saturated carbocycles. The molecule has 11 aromatic rings. The molecule has 292 valence electrons. The second kappa shape index (κ2) is 15.0. The minimum absolute atomic E-state index is 0.218. The molecule has 1 aliphatic rings. The lowest BCUT2D eigenvalue weighted by molar-refractivity contribution is 0.669. The molecule has 1 aliphatic carbocycles. The number of allylic oxidation sites excluding steroid dienone is 3. The average Bonchev–Trinajstić information content (AvgIpc) is 3.70. The van der Waals surface area contributed by atoms with Gasteiger partial charge in [-0.3, -0.25) is 0 Å². The van der Waals surface area contributed by atoms with Crippen LogP contribution >= 0.6 is 0 Å². The van der Waals surface area contributed by atoms with E-state index in [-0.39, 0.29) is 5.92 Å². The molecule has 62 heavy (non-hydrogen) atoms. The molecule has 1 heterocycles. The second-order valence-corrected chi connectivity index (χ2v) is 16.4. The Kier molecular flexibility index (Phi) is 8.67. The van der Waals surface area contributed by atoms with Crippen molar-refractivity contribution in [2.24, 2.45) is 0 Å². The number of anilines is 2. The quantitative estimate of drug-likeness (QED) is 0.160. The van der Waals surface area contributed by atoms with Gasteiger partial charge in [0.2, 0.25) is 0 Å². The third-order valence-electron chi connectivity index (χ3n) is 12.7. The van der Waals surface area contributed by atoms with Gasteiger partial charge >= 0.3 is 0 Å². The van der Waals surface area contributed by atoms with Gasteiger partial charge in [-0.25, -0.2) is 0 Å². The minimum atomic E-state index is 0.218. The molecule has 10 aromatic carbocycles. The van der Waals surface area contributed by atoms with Gasteiger partial charge in [-0.1, -0.05) is 176 Å². The molecule has 0 spiro atoms. The zero-order chi connectivity index (χ0) is 41.0. The molecule has 0 aliphatic heterocycles. The van der Waals surface area contributed by atoms with Crippen LogP contribution in [-0.2, 0) is 0 Å². The summed E-state index contributed by atoms with van der Waals surface area (Å²) in [6.45, 7) is 0. The molecule has 0 fully saturated rings. The number of hydrogen-bond donors (Lipinski definition) is 0. The standard InChI is InChI=1S/C60H41NO/c1-2-16-45-39-60-57(37-44(45)15-1)56-38-48(31-34-59(56)62-60)55-25-7-8-28-58(55)61(50-22-10-21-47(36-50)54-27-12-18-42-14-4-6-24-52(42)54)49-32-29-40(30-33-49)43-19-9-20-46(35-43)53-26-11-17-41-13-3-5-23-51(41)53/h1-20,22-39,47H,21H2. The second-order valence-electron chi connectivity index (χ2n) is 16.4. The monoisotopic (exact) mass is 791 g/mol. The van der Waals surface area contributed by atoms with Crippen molar-refractivity contribution < 1.29 is 4.42 Å². The molecule has 0 amide bonds. The first-order chi connectivity index (χ1) is 30.7. The molecule has 0 radical (unpaired) electrons. The molecule has 2 heteroatoms. The van der Waals surface area contributed by atoms with Crippen molar-refractivity contribution in [1.82, 2.24) is 0 Å². The highest BCUT2D eigenvalue weighted by molar-refractivity contribution is 6.11. The first kappa shape index (κ1) is 36.0. The van der Waals surface area contributed by atoms with E-state index in [1.165, 1.54) is 60.1 Å². The van der Waals surface area contributed by atoms with Gasteiger partial charge < -0.3 is 9.32 Å². The van der Waals surface area contributed by atoms with Gasteiger partial charge in [0.1, 0.15) is 11.2 Å². The summed E-state index contributed by atoms with van der Waals surface area (Å²) in [7, 11) is 0. The Morgan fingerprint density at radius 3 is 1.87 bits per heavy atom. The largest absolute Gasteiger partial charge is 0.456 e. The zero-order valence-electron chi connectivity index (χ0n) is 34.1. The Morgan fingerprint density at radius 2 is 1.02 bits per heavy atom. The summed E-state index contributed by atoms with van der Waals surface area (Å²) in [4.78, 5) is 2.45. The normalized spacial score (nSPS) is 13.9. The Bertz CT molecular complexity index is 3560. The van der Waals surface area contributed by atoms with Crippen LogP contribution in [0.4, 0.5) is 11.4 Å². The summed E-state index contributed by atoms with van der Waals surface area (Å²) in [5.74, 6) is 0.218. The highest BCUT2D eigenvalue weighted by Gasteiger charge is 2.23. The van der Waals surface area contributed by atoms with Gasteiger partial charge in [-0.2, -0.15) is 0 Å². The number of fused-ring (bicyclic) bond motifs is 6. The lowest BCUT2D eigenvalue weighted by atomic mass is 9.87. The molecule has 12 rings (SSSR count). The number of nitrogens with zero attached hydrogens (tertiary/aromatic N) is 1. The Balaban J connectivity index is 0.988. The summed E-state index contributed by atoms with van der Waals surface area (Å²) in [6, 6.07) is 77.1. The van der Waals surface area contributed by atoms with Crippen LogP contribution in [0.3, 0.4) is 0 Å². The smallest absolute Gasteiger partial charge is 0.136 e. The summed E-state index contributed by atoms with van der Waals surface area (Å²) >= 11 is 0. The van der Waals surface area contributed by atoms with Gasteiger partial charge in [0.25, 0.3) is 0 Å². The van der Waals surface area contributed by atoms with Crippen LogP contribution in [0.2, 0.25) is 0 Å². The highest BCUT2D eigenvalue weighted by atomic mass is 16.3. The van der Waals surface area contributed by atoms with E-state index in [0.29, 0.717) is 0 Å². The fraction of sp³-hybridized carbons (Fsp3) is 0.0333. The molecule has 1 aromatic heterocycles. The molecule has 1 unspecified atom stereocenters. The summed E-state index contributed by atoms with van der Waals surface area (Å²) in [5, 5.41) is 9.73. The molecule has 0 saturated heterocycles. The van der Waals surface area contributed by atoms with E-state index in [0.717, 1.165) is 56.6 Å². The van der Waals surface area contributed by atoms with E-state index in [1.807, 2.05) is 0 Å². The van der Waals surface area contributed by atoms with Crippen molar-refractivity contribution >= 4 is 65.6 Å². The molecular weight excluding hydrogens is 751 g/mol. The zero-order valence-corrected chi connectivity index (χ0v) is 34.1. The van der Waals surface area contributed by atoms with Gasteiger partial charge in [-0.15, -0.1) is 0 Å². The van der Waals surface area contributed by atoms with E-state index in [9.17, 15) is 0 Å². The van der Waals surface area contributed by atoms with Crippen molar-refractivity contribution in [3.8, 4) is 33.4 Å². The number of hydrogen-bond acceptors (Lipinski definition) is 2. The number of benzene rings is 10. The van der Waals surface area contributed by atoms with E-state index in [4.69, 9.17) is 4.42 Å². The summed E-state index contributed by atoms with van der Waals surface area (Å²) < 4.78 is 6.45. The summed E-state index contributed by atoms with van der Waals surface area (Å²) in [5.41, 5.74) is 13.6. The SMILES string of the molecule is C1=CC(N(c2ccc(-c3cccc(-c4cccc5ccccc45)c3)cc2)c2ccccc2-c2ccc3oc4cc5ccccc5cc4c3c2)=CC(c2cccc3ccccc23)C1. The molecule has 0 bridgehead atoms. The number of para-hydroxylation sites is 1. The maximum Gasteiger partial charge on any atom is 0.136 e. The van der Waals surface area contributed by atoms with E-state index in [2.05, 4.69) is 235 Å². The first-order valence-corrected chi connectivity index (χ1v) is 21.5. The van der Waals surface area contributed by atoms with Gasteiger partial charge in [-0.05, 0) is 127 Å². The van der Waals surface area contributed by atoms with Crippen LogP contribution in [0.15, 0.2) is 241 Å². The summed E-state index contributed by atoms with van der Waals surface area (Å²) in [6.07, 6.45) is 8.06. The third-order valence-corrected chi connectivity index (χ3v) is 12.7. The Hall–Kier alpha value is -7.94. The highest BCUT2D eigenvalue weighted by Crippen LogP contribution is 2.44. The van der Waals surface area contributed by atoms with E-state index in [1.54, 1.807) is 0 Å². The molecule has 2 nitrogen and oxygen atoms in total. The maximum absolute atomic E-state index is 6.45. The van der Waals surface area contributed by atoms with E-state index >= 15 is 0 Å². The van der Waals surface area contributed by atoms with Crippen molar-refractivity contribution in [3.63, 3.8) is 0 Å². The third kappa shape index (κ3) is 6.28.